The van der Waals surface area contributed by atoms with E-state index in [0.717, 1.165) is 16.5 Å². The molecule has 0 radical (unpaired) electrons. The van der Waals surface area contributed by atoms with Crippen LogP contribution >= 0.6 is 0 Å². The number of aryl methyl sites for hydroxylation is 2. The Morgan fingerprint density at radius 1 is 1.41 bits per heavy atom. The maximum atomic E-state index is 11.1. The van der Waals surface area contributed by atoms with Gasteiger partial charge < -0.3 is 4.74 Å². The molecule has 1 aromatic heterocycles. The lowest BCUT2D eigenvalue weighted by Crippen LogP contribution is -2.39. The number of ether oxygens (including phenoxy) is 1. The summed E-state index contributed by atoms with van der Waals surface area (Å²) in [6.07, 6.45) is 2.29. The van der Waals surface area contributed by atoms with Gasteiger partial charge in [-0.1, -0.05) is 22.9 Å². The smallest absolute Gasteiger partial charge is 0.312 e. The number of esters is 1. The largest absolute Gasteiger partial charge is 0.469 e. The second-order valence-corrected chi connectivity index (χ2v) is 3.92. The van der Waals surface area contributed by atoms with Gasteiger partial charge in [-0.2, -0.15) is 0 Å². The second kappa shape index (κ2) is 4.91. The third-order valence-electron chi connectivity index (χ3n) is 2.68. The van der Waals surface area contributed by atoms with Crippen molar-refractivity contribution in [1.82, 2.24) is 5.10 Å². The fourth-order valence-electron chi connectivity index (χ4n) is 1.78. The van der Waals surface area contributed by atoms with E-state index >= 15 is 0 Å². The van der Waals surface area contributed by atoms with Crippen molar-refractivity contribution in [1.29, 1.82) is 0 Å². The molecule has 0 aliphatic rings. The second-order valence-electron chi connectivity index (χ2n) is 3.92. The van der Waals surface area contributed by atoms with Crippen molar-refractivity contribution in [2.45, 2.75) is 19.9 Å². The molecule has 0 fully saturated rings. The van der Waals surface area contributed by atoms with Crippen LogP contribution in [-0.2, 0) is 16.1 Å². The van der Waals surface area contributed by atoms with Crippen LogP contribution < -0.4 is 4.68 Å². The third kappa shape index (κ3) is 2.58. The van der Waals surface area contributed by atoms with E-state index in [1.807, 2.05) is 37.4 Å². The van der Waals surface area contributed by atoms with Gasteiger partial charge in [-0.3, -0.25) is 4.79 Å². The first kappa shape index (κ1) is 11.5. The Labute approximate surface area is 99.8 Å². The molecule has 0 amide bonds. The number of nitrogens with zero attached hydrogens (tertiary/aromatic N) is 2. The monoisotopic (exact) mass is 231 g/mol. The zero-order valence-corrected chi connectivity index (χ0v) is 10.0. The number of methoxy groups -OCH3 is 1. The average molecular weight is 231 g/mol. The van der Waals surface area contributed by atoms with Gasteiger partial charge >= 0.3 is 5.97 Å². The van der Waals surface area contributed by atoms with Gasteiger partial charge in [-0.15, -0.1) is 0 Å². The molecule has 0 spiro atoms. The van der Waals surface area contributed by atoms with Crippen molar-refractivity contribution < 1.29 is 14.2 Å². The number of carbonyl (C=O) groups excluding carboxylic acids is 1. The SMILES string of the molecule is COC(=O)CC[n+]1cc(C)c2ccccc2n1. The minimum absolute atomic E-state index is 0.217. The van der Waals surface area contributed by atoms with Crippen LogP contribution in [-0.4, -0.2) is 18.2 Å². The number of benzene rings is 1. The summed E-state index contributed by atoms with van der Waals surface area (Å²) in [5.41, 5.74) is 2.10. The molecule has 0 saturated carbocycles. The number of aromatic nitrogens is 2. The van der Waals surface area contributed by atoms with Crippen LogP contribution in [0.15, 0.2) is 30.5 Å². The molecule has 17 heavy (non-hydrogen) atoms. The minimum Gasteiger partial charge on any atom is -0.469 e. The predicted octanol–water partition coefficient (Wildman–Crippen LogP) is 1.39. The van der Waals surface area contributed by atoms with E-state index in [1.165, 1.54) is 7.11 Å². The van der Waals surface area contributed by atoms with Crippen molar-refractivity contribution in [3.8, 4) is 0 Å². The fraction of sp³-hybridized carbons (Fsp3) is 0.308. The van der Waals surface area contributed by atoms with Gasteiger partial charge in [0.25, 0.3) is 0 Å². The first-order valence-corrected chi connectivity index (χ1v) is 5.53. The zero-order valence-electron chi connectivity index (χ0n) is 10.0. The number of rotatable bonds is 3. The van der Waals surface area contributed by atoms with Gasteiger partial charge in [0.1, 0.15) is 11.9 Å². The molecule has 4 nitrogen and oxygen atoms in total. The average Bonchev–Trinajstić information content (AvgIpc) is 2.36. The Balaban J connectivity index is 2.27. The molecular weight excluding hydrogens is 216 g/mol. The molecule has 0 N–H and O–H groups in total. The fourth-order valence-corrected chi connectivity index (χ4v) is 1.78. The van der Waals surface area contributed by atoms with E-state index in [-0.39, 0.29) is 5.97 Å². The van der Waals surface area contributed by atoms with Crippen LogP contribution in [0.1, 0.15) is 12.0 Å². The van der Waals surface area contributed by atoms with Crippen molar-refractivity contribution in [2.24, 2.45) is 0 Å². The quantitative estimate of drug-likeness (QED) is 0.592. The summed E-state index contributed by atoms with van der Waals surface area (Å²) < 4.78 is 6.40. The Morgan fingerprint density at radius 2 is 2.18 bits per heavy atom. The summed E-state index contributed by atoms with van der Waals surface area (Å²) in [5.74, 6) is -0.217. The Bertz CT molecular complexity index is 552. The molecule has 2 aromatic rings. The lowest BCUT2D eigenvalue weighted by molar-refractivity contribution is -0.751. The van der Waals surface area contributed by atoms with Crippen LogP contribution in [0.5, 0.6) is 0 Å². The van der Waals surface area contributed by atoms with Gasteiger partial charge in [-0.05, 0) is 13.0 Å². The van der Waals surface area contributed by atoms with Gasteiger partial charge in [0.2, 0.25) is 0 Å². The van der Waals surface area contributed by atoms with E-state index < -0.39 is 0 Å². The number of carbonyl (C=O) groups is 1. The van der Waals surface area contributed by atoms with Crippen molar-refractivity contribution in [2.75, 3.05) is 7.11 Å². The van der Waals surface area contributed by atoms with E-state index in [2.05, 4.69) is 9.84 Å². The number of hydrogen-bond donors (Lipinski definition) is 0. The molecule has 0 bridgehead atoms. The maximum Gasteiger partial charge on any atom is 0.312 e. The van der Waals surface area contributed by atoms with Crippen LogP contribution in [0.3, 0.4) is 0 Å². The lowest BCUT2D eigenvalue weighted by Gasteiger charge is -2.00. The summed E-state index contributed by atoms with van der Waals surface area (Å²) in [6, 6.07) is 7.97. The first-order valence-electron chi connectivity index (χ1n) is 5.53. The van der Waals surface area contributed by atoms with E-state index in [0.29, 0.717) is 13.0 Å². The van der Waals surface area contributed by atoms with Crippen molar-refractivity contribution in [3.05, 3.63) is 36.0 Å². The van der Waals surface area contributed by atoms with E-state index in [4.69, 9.17) is 0 Å². The highest BCUT2D eigenvalue weighted by atomic mass is 16.5. The molecule has 1 heterocycles. The highest BCUT2D eigenvalue weighted by Gasteiger charge is 2.11. The summed E-state index contributed by atoms with van der Waals surface area (Å²) >= 11 is 0. The van der Waals surface area contributed by atoms with E-state index in [1.54, 1.807) is 4.68 Å². The number of fused-ring (bicyclic) bond motifs is 1. The molecule has 0 unspecified atom stereocenters. The van der Waals surface area contributed by atoms with E-state index in [9.17, 15) is 4.79 Å². The van der Waals surface area contributed by atoms with Crippen molar-refractivity contribution in [3.63, 3.8) is 0 Å². The van der Waals surface area contributed by atoms with Crippen LogP contribution in [0.25, 0.3) is 10.9 Å². The molecule has 4 heteroatoms. The summed E-state index contributed by atoms with van der Waals surface area (Å²) in [6.45, 7) is 2.58. The predicted molar refractivity (Wildman–Crippen MR) is 63.3 cm³/mol. The molecule has 0 aliphatic carbocycles. The molecule has 1 aromatic carbocycles. The minimum atomic E-state index is -0.217. The van der Waals surface area contributed by atoms with Gasteiger partial charge in [0.15, 0.2) is 12.7 Å². The molecule has 0 saturated heterocycles. The summed E-state index contributed by atoms with van der Waals surface area (Å²) in [4.78, 5) is 11.1. The van der Waals surface area contributed by atoms with Gasteiger partial charge in [0.05, 0.1) is 7.11 Å². The molecule has 0 aliphatic heterocycles. The van der Waals surface area contributed by atoms with Crippen LogP contribution in [0, 0.1) is 6.92 Å². The molecule has 2 rings (SSSR count). The standard InChI is InChI=1S/C13H15N2O2/c1-10-9-15(8-7-13(16)17-2)14-12-6-4-3-5-11(10)12/h3-6,9H,7-8H2,1-2H3/q+1. The molecule has 0 atom stereocenters. The Kier molecular flexibility index (Phi) is 3.32. The summed E-state index contributed by atoms with van der Waals surface area (Å²) in [7, 11) is 1.39. The Hall–Kier alpha value is -1.97. The first-order chi connectivity index (χ1) is 8.20. The van der Waals surface area contributed by atoms with Crippen LogP contribution in [0.4, 0.5) is 0 Å². The normalized spacial score (nSPS) is 10.5. The third-order valence-corrected chi connectivity index (χ3v) is 2.68. The number of hydrogen-bond acceptors (Lipinski definition) is 3. The zero-order chi connectivity index (χ0) is 12.3. The van der Waals surface area contributed by atoms with Crippen molar-refractivity contribution >= 4 is 16.9 Å². The maximum absolute atomic E-state index is 11.1. The van der Waals surface area contributed by atoms with Gasteiger partial charge in [-0.25, -0.2) is 0 Å². The van der Waals surface area contributed by atoms with Gasteiger partial charge in [0, 0.05) is 16.0 Å². The van der Waals surface area contributed by atoms with Crippen LogP contribution in [0.2, 0.25) is 0 Å². The summed E-state index contributed by atoms with van der Waals surface area (Å²) in [5, 5.41) is 5.59. The Morgan fingerprint density at radius 3 is 2.94 bits per heavy atom. The topological polar surface area (TPSA) is 43.1 Å². The lowest BCUT2D eigenvalue weighted by atomic mass is 10.1. The highest BCUT2D eigenvalue weighted by Crippen LogP contribution is 2.12. The molecule has 88 valence electrons. The molecular formula is C13H15N2O2+. The highest BCUT2D eigenvalue weighted by molar-refractivity contribution is 5.80.